The molecule has 0 saturated carbocycles. The third-order valence-corrected chi connectivity index (χ3v) is 2.43. The number of nitrogens with two attached hydrogens (primary N) is 1. The summed E-state index contributed by atoms with van der Waals surface area (Å²) < 4.78 is 16.2. The average Bonchev–Trinajstić information content (AvgIpc) is 2.25. The number of aromatic nitrogens is 2. The number of nitrogens with zero attached hydrogens (tertiary/aromatic N) is 2. The number of hydrogen-bond acceptors (Lipinski definition) is 8. The van der Waals surface area contributed by atoms with Gasteiger partial charge >= 0.3 is 64.8 Å². The van der Waals surface area contributed by atoms with Crippen molar-refractivity contribution in [2.75, 3.05) is 18.7 Å². The van der Waals surface area contributed by atoms with Crippen LogP contribution in [-0.4, -0.2) is 33.7 Å². The maximum absolute atomic E-state index is 11.3. The van der Waals surface area contributed by atoms with Gasteiger partial charge in [0.1, 0.15) is 5.82 Å². The maximum atomic E-state index is 11.3. The van der Waals surface area contributed by atoms with Crippen LogP contribution in [0.25, 0.3) is 0 Å². The molecule has 0 aromatic carbocycles. The van der Waals surface area contributed by atoms with E-state index in [9.17, 15) is 19.1 Å². The van der Waals surface area contributed by atoms with Crippen molar-refractivity contribution in [2.24, 2.45) is 0 Å². The summed E-state index contributed by atoms with van der Waals surface area (Å²) in [5.74, 6) is 0.0429. The van der Waals surface area contributed by atoms with Crippen LogP contribution in [0.15, 0.2) is 17.1 Å². The van der Waals surface area contributed by atoms with E-state index >= 15 is 0 Å². The average molecular weight is 323 g/mol. The van der Waals surface area contributed by atoms with Gasteiger partial charge in [-0.25, -0.2) is 4.79 Å². The van der Waals surface area contributed by atoms with E-state index in [1.54, 1.807) is 0 Å². The SMILES string of the molecule is Nc1ccn(C[C@@H](CO)OCP(=O)([O-])[O-])c(=O)n1.[Na+].[Na+]. The number of anilines is 1. The van der Waals surface area contributed by atoms with Crippen LogP contribution in [0.1, 0.15) is 0 Å². The first-order valence-corrected chi connectivity index (χ1v) is 6.61. The Balaban J connectivity index is 0. The largest absolute Gasteiger partial charge is 1.00 e. The summed E-state index contributed by atoms with van der Waals surface area (Å²) >= 11 is 0. The predicted octanol–water partition coefficient (Wildman–Crippen LogP) is -8.92. The molecule has 1 heterocycles. The van der Waals surface area contributed by atoms with E-state index in [0.29, 0.717) is 0 Å². The summed E-state index contributed by atoms with van der Waals surface area (Å²) in [6, 6.07) is 1.36. The fourth-order valence-electron chi connectivity index (χ4n) is 1.16. The number of rotatable bonds is 6. The smallest absolute Gasteiger partial charge is 0.809 e. The minimum absolute atomic E-state index is 0. The molecule has 3 N–H and O–H groups in total. The second-order valence-electron chi connectivity index (χ2n) is 3.50. The first-order valence-electron chi connectivity index (χ1n) is 4.88. The Morgan fingerprint density at radius 2 is 2.10 bits per heavy atom. The Bertz CT molecular complexity index is 507. The van der Waals surface area contributed by atoms with Gasteiger partial charge in [-0.1, -0.05) is 0 Å². The summed E-state index contributed by atoms with van der Waals surface area (Å²) in [6.45, 7) is -0.681. The molecule has 0 aliphatic heterocycles. The van der Waals surface area contributed by atoms with Crippen LogP contribution in [0, 0.1) is 0 Å². The molecule has 1 rings (SSSR count). The Labute approximate surface area is 159 Å². The number of aliphatic hydroxyl groups excluding tert-OH is 1. The zero-order valence-corrected chi connectivity index (χ0v) is 16.2. The van der Waals surface area contributed by atoms with Crippen LogP contribution in [0.5, 0.6) is 0 Å². The molecule has 0 unspecified atom stereocenters. The van der Waals surface area contributed by atoms with Crippen LogP contribution >= 0.6 is 7.60 Å². The molecule has 12 heteroatoms. The third kappa shape index (κ3) is 8.91. The first-order chi connectivity index (χ1) is 8.31. The quantitative estimate of drug-likeness (QED) is 0.386. The normalized spacial score (nSPS) is 12.2. The topological polar surface area (TPSA) is 154 Å². The number of ether oxygens (including phenoxy) is 1. The summed E-state index contributed by atoms with van der Waals surface area (Å²) in [6.07, 6.45) is -0.718. The second-order valence-corrected chi connectivity index (χ2v) is 4.98. The Hall–Kier alpha value is 0.750. The van der Waals surface area contributed by atoms with Crippen LogP contribution in [0.2, 0.25) is 0 Å². The molecule has 20 heavy (non-hydrogen) atoms. The number of hydrogen-bond donors (Lipinski definition) is 2. The van der Waals surface area contributed by atoms with Crippen LogP contribution in [-0.2, 0) is 15.8 Å². The summed E-state index contributed by atoms with van der Waals surface area (Å²) in [5.41, 5.74) is 4.62. The van der Waals surface area contributed by atoms with Crippen molar-refractivity contribution in [1.29, 1.82) is 0 Å². The van der Waals surface area contributed by atoms with Gasteiger partial charge in [-0.2, -0.15) is 4.98 Å². The van der Waals surface area contributed by atoms with Gasteiger partial charge in [-0.15, -0.1) is 0 Å². The molecule has 0 radical (unpaired) electrons. The Morgan fingerprint density at radius 3 is 2.55 bits per heavy atom. The van der Waals surface area contributed by atoms with Crippen LogP contribution in [0.4, 0.5) is 5.82 Å². The van der Waals surface area contributed by atoms with E-state index in [2.05, 4.69) is 9.72 Å². The van der Waals surface area contributed by atoms with Gasteiger partial charge < -0.3 is 29.9 Å². The van der Waals surface area contributed by atoms with Crippen molar-refractivity contribution >= 4 is 13.4 Å². The molecule has 102 valence electrons. The fraction of sp³-hybridized carbons (Fsp3) is 0.500. The van der Waals surface area contributed by atoms with Gasteiger partial charge in [0.15, 0.2) is 0 Å². The zero-order valence-electron chi connectivity index (χ0n) is 11.3. The Morgan fingerprint density at radius 1 is 1.50 bits per heavy atom. The minimum Gasteiger partial charge on any atom is -0.809 e. The molecule has 9 nitrogen and oxygen atoms in total. The zero-order chi connectivity index (χ0) is 13.8. The molecule has 0 spiro atoms. The van der Waals surface area contributed by atoms with Crippen molar-refractivity contribution < 1.29 is 83.3 Å². The molecule has 0 fully saturated rings. The molecular weight excluding hydrogens is 311 g/mol. The molecule has 0 saturated heterocycles. The van der Waals surface area contributed by atoms with Crippen molar-refractivity contribution in [2.45, 2.75) is 12.6 Å². The van der Waals surface area contributed by atoms with E-state index in [1.165, 1.54) is 12.3 Å². The maximum Gasteiger partial charge on any atom is 1.00 e. The van der Waals surface area contributed by atoms with Crippen LogP contribution in [0.3, 0.4) is 0 Å². The molecular formula is C8H12N3Na2O6P. The molecule has 1 atom stereocenters. The second kappa shape index (κ2) is 10.5. The van der Waals surface area contributed by atoms with Gasteiger partial charge in [0.25, 0.3) is 0 Å². The standard InChI is InChI=1S/C8H14N3O6P.2Na/c9-7-1-2-11(8(13)10-7)3-6(4-12)17-5-18(14,15)16;;/h1-2,6,12H,3-5H2,(H2,9,10,13)(H2,14,15,16);;/q;2*+1/p-2/t6-;;/m0../s1. The molecule has 0 aliphatic rings. The van der Waals surface area contributed by atoms with Gasteiger partial charge in [0, 0.05) is 6.20 Å². The number of nitrogen functional groups attached to an aromatic ring is 1. The van der Waals surface area contributed by atoms with Crippen molar-refractivity contribution in [3.8, 4) is 0 Å². The molecule has 1 aromatic rings. The summed E-state index contributed by atoms with van der Waals surface area (Å²) in [4.78, 5) is 35.6. The van der Waals surface area contributed by atoms with Crippen LogP contribution < -0.4 is 80.3 Å². The third-order valence-electron chi connectivity index (χ3n) is 1.97. The Kier molecular flexibility index (Phi) is 12.1. The predicted molar refractivity (Wildman–Crippen MR) is 57.3 cm³/mol. The summed E-state index contributed by atoms with van der Waals surface area (Å²) in [5, 5.41) is 8.95. The number of aliphatic hydroxyl groups is 1. The van der Waals surface area contributed by atoms with Gasteiger partial charge in [-0.3, -0.25) is 4.57 Å². The van der Waals surface area contributed by atoms with Gasteiger partial charge in [0.2, 0.25) is 0 Å². The molecule has 0 amide bonds. The molecule has 1 aromatic heterocycles. The fourth-order valence-corrected chi connectivity index (χ4v) is 1.55. The van der Waals surface area contributed by atoms with E-state index in [1.807, 2.05) is 0 Å². The van der Waals surface area contributed by atoms with Crippen molar-refractivity contribution in [3.05, 3.63) is 22.7 Å². The summed E-state index contributed by atoms with van der Waals surface area (Å²) in [7, 11) is -4.81. The molecule has 0 aliphatic carbocycles. The first kappa shape index (κ1) is 23.0. The van der Waals surface area contributed by atoms with E-state index in [-0.39, 0.29) is 71.5 Å². The van der Waals surface area contributed by atoms with Gasteiger partial charge in [0.05, 0.1) is 25.6 Å². The van der Waals surface area contributed by atoms with E-state index < -0.39 is 32.3 Å². The van der Waals surface area contributed by atoms with Crippen molar-refractivity contribution in [1.82, 2.24) is 9.55 Å². The van der Waals surface area contributed by atoms with E-state index in [4.69, 9.17) is 10.8 Å². The van der Waals surface area contributed by atoms with Crippen molar-refractivity contribution in [3.63, 3.8) is 0 Å². The van der Waals surface area contributed by atoms with E-state index in [0.717, 1.165) is 4.57 Å². The molecule has 0 bridgehead atoms. The monoisotopic (exact) mass is 323 g/mol. The van der Waals surface area contributed by atoms with Gasteiger partial charge in [-0.05, 0) is 13.7 Å². The minimum atomic E-state index is -4.81.